The molecule has 5 heteroatoms. The average Bonchev–Trinajstić information content (AvgIpc) is 2.10. The number of benzene rings is 1. The normalized spacial score (nSPS) is 12.9. The van der Waals surface area contributed by atoms with E-state index in [0.29, 0.717) is 0 Å². The first-order valence-corrected chi connectivity index (χ1v) is 3.93. The van der Waals surface area contributed by atoms with Crippen LogP contribution in [0.3, 0.4) is 0 Å². The van der Waals surface area contributed by atoms with E-state index < -0.39 is 18.5 Å². The van der Waals surface area contributed by atoms with E-state index in [9.17, 15) is 13.9 Å². The van der Waals surface area contributed by atoms with Gasteiger partial charge in [0.25, 0.3) is 0 Å². The maximum absolute atomic E-state index is 12.7. The van der Waals surface area contributed by atoms with E-state index in [4.69, 9.17) is 17.3 Å². The summed E-state index contributed by atoms with van der Waals surface area (Å²) in [5.41, 5.74) is 5.25. The molecule has 0 fully saturated rings. The molecule has 3 N–H and O–H groups in total. The number of phenolic OH excluding ortho intramolecular Hbond substituents is 1. The van der Waals surface area contributed by atoms with Crippen molar-refractivity contribution in [1.29, 1.82) is 0 Å². The van der Waals surface area contributed by atoms with Crippen LogP contribution in [-0.4, -0.2) is 11.8 Å². The topological polar surface area (TPSA) is 46.2 Å². The molecule has 0 saturated carbocycles. The predicted molar refractivity (Wildman–Crippen MR) is 46.0 cm³/mol. The molecule has 0 aliphatic rings. The van der Waals surface area contributed by atoms with Gasteiger partial charge in [-0.3, -0.25) is 0 Å². The van der Waals surface area contributed by atoms with Crippen LogP contribution in [0.4, 0.5) is 8.78 Å². The second-order valence-electron chi connectivity index (χ2n) is 2.59. The molecular weight excluding hydrogens is 200 g/mol. The van der Waals surface area contributed by atoms with Crippen LogP contribution in [0, 0.1) is 5.82 Å². The lowest BCUT2D eigenvalue weighted by molar-refractivity contribution is 0.412. The van der Waals surface area contributed by atoms with Crippen LogP contribution in [-0.2, 0) is 0 Å². The summed E-state index contributed by atoms with van der Waals surface area (Å²) in [5.74, 6) is -1.02. The molecule has 13 heavy (non-hydrogen) atoms. The van der Waals surface area contributed by atoms with Gasteiger partial charge in [0.1, 0.15) is 18.2 Å². The van der Waals surface area contributed by atoms with Gasteiger partial charge in [-0.2, -0.15) is 0 Å². The Hall–Kier alpha value is -0.870. The summed E-state index contributed by atoms with van der Waals surface area (Å²) in [5, 5.41) is 9.11. The summed E-state index contributed by atoms with van der Waals surface area (Å²) < 4.78 is 24.8. The molecule has 1 aromatic rings. The lowest BCUT2D eigenvalue weighted by atomic mass is 10.1. The first kappa shape index (κ1) is 10.2. The van der Waals surface area contributed by atoms with Gasteiger partial charge >= 0.3 is 0 Å². The van der Waals surface area contributed by atoms with Crippen molar-refractivity contribution in [2.24, 2.45) is 5.73 Å². The largest absolute Gasteiger partial charge is 0.506 e. The summed E-state index contributed by atoms with van der Waals surface area (Å²) in [4.78, 5) is 0. The molecule has 0 saturated heterocycles. The third kappa shape index (κ3) is 2.08. The summed E-state index contributed by atoms with van der Waals surface area (Å²) in [6, 6.07) is 0.852. The third-order valence-electron chi connectivity index (χ3n) is 1.62. The molecular formula is C8H8ClF2NO. The van der Waals surface area contributed by atoms with Crippen LogP contribution in [0.1, 0.15) is 11.6 Å². The molecule has 0 heterocycles. The molecule has 1 atom stereocenters. The monoisotopic (exact) mass is 207 g/mol. The van der Waals surface area contributed by atoms with Gasteiger partial charge in [0.05, 0.1) is 11.1 Å². The molecule has 0 spiro atoms. The molecule has 2 nitrogen and oxygen atoms in total. The van der Waals surface area contributed by atoms with Gasteiger partial charge in [0.15, 0.2) is 0 Å². The summed E-state index contributed by atoms with van der Waals surface area (Å²) in [7, 11) is 0. The molecule has 1 aromatic carbocycles. The highest BCUT2D eigenvalue weighted by Gasteiger charge is 2.14. The molecule has 0 amide bonds. The fourth-order valence-corrected chi connectivity index (χ4v) is 1.16. The number of rotatable bonds is 2. The molecule has 0 aliphatic heterocycles. The van der Waals surface area contributed by atoms with Crippen molar-refractivity contribution in [3.05, 3.63) is 28.5 Å². The fraction of sp³-hybridized carbons (Fsp3) is 0.250. The number of hydrogen-bond donors (Lipinski definition) is 2. The molecule has 1 rings (SSSR count). The number of alkyl halides is 1. The zero-order chi connectivity index (χ0) is 10.0. The number of phenols is 1. The van der Waals surface area contributed by atoms with Crippen molar-refractivity contribution in [2.45, 2.75) is 6.04 Å². The van der Waals surface area contributed by atoms with Crippen molar-refractivity contribution < 1.29 is 13.9 Å². The molecule has 0 bridgehead atoms. The van der Waals surface area contributed by atoms with Crippen molar-refractivity contribution in [3.63, 3.8) is 0 Å². The number of aromatic hydroxyl groups is 1. The van der Waals surface area contributed by atoms with Crippen LogP contribution in [0.15, 0.2) is 12.1 Å². The van der Waals surface area contributed by atoms with Gasteiger partial charge in [-0.15, -0.1) is 0 Å². The van der Waals surface area contributed by atoms with E-state index in [1.165, 1.54) is 0 Å². The van der Waals surface area contributed by atoms with Crippen LogP contribution in [0.25, 0.3) is 0 Å². The molecule has 0 aliphatic carbocycles. The van der Waals surface area contributed by atoms with Crippen molar-refractivity contribution in [3.8, 4) is 5.75 Å². The minimum absolute atomic E-state index is 0.0208. The maximum Gasteiger partial charge on any atom is 0.139 e. The zero-order valence-electron chi connectivity index (χ0n) is 6.60. The summed E-state index contributed by atoms with van der Waals surface area (Å²) in [6.45, 7) is -0.882. The Morgan fingerprint density at radius 3 is 2.69 bits per heavy atom. The Kier molecular flexibility index (Phi) is 3.06. The minimum Gasteiger partial charge on any atom is -0.506 e. The number of nitrogens with two attached hydrogens (primary N) is 1. The van der Waals surface area contributed by atoms with Gasteiger partial charge in [-0.05, 0) is 12.1 Å². The van der Waals surface area contributed by atoms with Crippen molar-refractivity contribution in [2.75, 3.05) is 6.67 Å². The predicted octanol–water partition coefficient (Wildman–Crippen LogP) is 2.15. The summed E-state index contributed by atoms with van der Waals surface area (Å²) in [6.07, 6.45) is 0. The van der Waals surface area contributed by atoms with Gasteiger partial charge < -0.3 is 10.8 Å². The fourth-order valence-electron chi connectivity index (χ4n) is 0.952. The van der Waals surface area contributed by atoms with Crippen LogP contribution in [0.5, 0.6) is 5.75 Å². The SMILES string of the molecule is NC(CF)c1cc(F)cc(Cl)c1O. The maximum atomic E-state index is 12.7. The minimum atomic E-state index is -1.05. The second kappa shape index (κ2) is 3.89. The molecule has 1 unspecified atom stereocenters. The Bertz CT molecular complexity index is 319. The first-order valence-electron chi connectivity index (χ1n) is 3.55. The highest BCUT2D eigenvalue weighted by Crippen LogP contribution is 2.31. The highest BCUT2D eigenvalue weighted by molar-refractivity contribution is 6.32. The Morgan fingerprint density at radius 2 is 2.15 bits per heavy atom. The molecule has 0 radical (unpaired) electrons. The lowest BCUT2D eigenvalue weighted by Gasteiger charge is -2.10. The van der Waals surface area contributed by atoms with Gasteiger partial charge in [-0.25, -0.2) is 8.78 Å². The number of halogens is 3. The van der Waals surface area contributed by atoms with Crippen LogP contribution >= 0.6 is 11.6 Å². The van der Waals surface area contributed by atoms with Gasteiger partial charge in [0, 0.05) is 5.56 Å². The van der Waals surface area contributed by atoms with E-state index in [-0.39, 0.29) is 16.3 Å². The van der Waals surface area contributed by atoms with Gasteiger partial charge in [-0.1, -0.05) is 11.6 Å². The third-order valence-corrected chi connectivity index (χ3v) is 1.91. The Balaban J connectivity index is 3.20. The van der Waals surface area contributed by atoms with Crippen molar-refractivity contribution in [1.82, 2.24) is 0 Å². The first-order chi connectivity index (χ1) is 6.06. The summed E-state index contributed by atoms with van der Waals surface area (Å²) >= 11 is 5.45. The second-order valence-corrected chi connectivity index (χ2v) is 2.99. The van der Waals surface area contributed by atoms with E-state index in [1.807, 2.05) is 0 Å². The van der Waals surface area contributed by atoms with Gasteiger partial charge in [0.2, 0.25) is 0 Å². The smallest absolute Gasteiger partial charge is 0.139 e. The van der Waals surface area contributed by atoms with E-state index in [0.717, 1.165) is 12.1 Å². The quantitative estimate of drug-likeness (QED) is 0.781. The van der Waals surface area contributed by atoms with E-state index >= 15 is 0 Å². The molecule has 72 valence electrons. The Morgan fingerprint density at radius 1 is 1.54 bits per heavy atom. The van der Waals surface area contributed by atoms with E-state index in [1.54, 1.807) is 0 Å². The van der Waals surface area contributed by atoms with E-state index in [2.05, 4.69) is 0 Å². The highest BCUT2D eigenvalue weighted by atomic mass is 35.5. The lowest BCUT2D eigenvalue weighted by Crippen LogP contribution is -2.12. The van der Waals surface area contributed by atoms with Crippen molar-refractivity contribution >= 4 is 11.6 Å². The number of hydrogen-bond acceptors (Lipinski definition) is 2. The van der Waals surface area contributed by atoms with Crippen LogP contribution < -0.4 is 5.73 Å². The van der Waals surface area contributed by atoms with Crippen LogP contribution in [0.2, 0.25) is 5.02 Å². The average molecular weight is 208 g/mol. The molecule has 0 aromatic heterocycles. The zero-order valence-corrected chi connectivity index (χ0v) is 7.35. The Labute approximate surface area is 78.9 Å². The standard InChI is InChI=1S/C8H8ClF2NO/c9-6-2-4(11)1-5(8(6)13)7(12)3-10/h1-2,7,13H,3,12H2.